The van der Waals surface area contributed by atoms with Crippen molar-refractivity contribution < 1.29 is 9.53 Å². The largest absolute Gasteiger partial charge is 0.455 e. The highest BCUT2D eigenvalue weighted by Gasteiger charge is 2.31. The molecule has 31 heavy (non-hydrogen) atoms. The third-order valence-electron chi connectivity index (χ3n) is 5.37. The van der Waals surface area contributed by atoms with Crippen LogP contribution in [0.15, 0.2) is 42.6 Å². The number of rotatable bonds is 3. The first kappa shape index (κ1) is 20.1. The van der Waals surface area contributed by atoms with Gasteiger partial charge in [-0.2, -0.15) is 4.98 Å². The number of ether oxygens (including phenoxy) is 1. The van der Waals surface area contributed by atoms with E-state index >= 15 is 0 Å². The van der Waals surface area contributed by atoms with Crippen LogP contribution in [0.3, 0.4) is 0 Å². The second kappa shape index (κ2) is 8.34. The number of anilines is 3. The minimum absolute atomic E-state index is 0.0441. The van der Waals surface area contributed by atoms with Gasteiger partial charge in [-0.3, -0.25) is 9.69 Å². The summed E-state index contributed by atoms with van der Waals surface area (Å²) >= 11 is 12.5. The summed E-state index contributed by atoms with van der Waals surface area (Å²) in [6.07, 6.45) is 3.46. The minimum atomic E-state index is -0.319. The normalized spacial score (nSPS) is 15.5. The molecule has 0 saturated heterocycles. The first-order valence-corrected chi connectivity index (χ1v) is 10.7. The molecule has 2 aliphatic rings. The molecule has 0 fully saturated rings. The zero-order valence-electron chi connectivity index (χ0n) is 16.5. The van der Waals surface area contributed by atoms with Gasteiger partial charge >= 0.3 is 0 Å². The van der Waals surface area contributed by atoms with E-state index in [9.17, 15) is 4.79 Å². The molecule has 0 radical (unpaired) electrons. The van der Waals surface area contributed by atoms with Gasteiger partial charge < -0.3 is 15.4 Å². The Labute approximate surface area is 189 Å². The van der Waals surface area contributed by atoms with Crippen LogP contribution in [0.5, 0.6) is 5.88 Å². The quantitative estimate of drug-likeness (QED) is 0.615. The van der Waals surface area contributed by atoms with Gasteiger partial charge in [-0.15, -0.1) is 0 Å². The Hall–Kier alpha value is -2.87. The Bertz CT molecular complexity index is 1150. The van der Waals surface area contributed by atoms with Crippen molar-refractivity contribution in [2.24, 2.45) is 0 Å². The number of hydrogen-bond donors (Lipinski definition) is 2. The number of para-hydroxylation sites is 1. The number of benzene rings is 2. The Balaban J connectivity index is 1.39. The van der Waals surface area contributed by atoms with E-state index in [0.29, 0.717) is 21.7 Å². The number of fused-ring (bicyclic) bond motifs is 2. The molecule has 158 valence electrons. The summed E-state index contributed by atoms with van der Waals surface area (Å²) in [7, 11) is 0. The second-order valence-corrected chi connectivity index (χ2v) is 8.16. The van der Waals surface area contributed by atoms with Crippen LogP contribution in [0, 0.1) is 0 Å². The molecular formula is C22H19Cl2N5O2. The molecule has 3 heterocycles. The maximum absolute atomic E-state index is 13.0. The van der Waals surface area contributed by atoms with E-state index in [1.54, 1.807) is 18.2 Å². The fourth-order valence-corrected chi connectivity index (χ4v) is 4.41. The lowest BCUT2D eigenvalue weighted by molar-refractivity contribution is 0.0932. The number of carbonyl (C=O) groups is 1. The van der Waals surface area contributed by atoms with Crippen molar-refractivity contribution in [2.45, 2.75) is 12.8 Å². The molecular weight excluding hydrogens is 437 g/mol. The van der Waals surface area contributed by atoms with E-state index < -0.39 is 0 Å². The Morgan fingerprint density at radius 1 is 1.06 bits per heavy atom. The van der Waals surface area contributed by atoms with Crippen molar-refractivity contribution in [3.8, 4) is 5.88 Å². The number of amides is 1. The smallest absolute Gasteiger partial charge is 0.268 e. The number of nitrogens with one attached hydrogen (secondary N) is 2. The van der Waals surface area contributed by atoms with E-state index in [4.69, 9.17) is 27.9 Å². The highest BCUT2D eigenvalue weighted by molar-refractivity contribution is 6.40. The van der Waals surface area contributed by atoms with Gasteiger partial charge in [0.2, 0.25) is 11.8 Å². The van der Waals surface area contributed by atoms with Crippen LogP contribution in [0.1, 0.15) is 21.5 Å². The van der Waals surface area contributed by atoms with Crippen LogP contribution in [-0.4, -0.2) is 35.7 Å². The van der Waals surface area contributed by atoms with Crippen LogP contribution in [0.25, 0.3) is 0 Å². The average Bonchev–Trinajstić information content (AvgIpc) is 3.00. The van der Waals surface area contributed by atoms with Gasteiger partial charge in [-0.05, 0) is 61.3 Å². The summed E-state index contributed by atoms with van der Waals surface area (Å²) in [5, 5.41) is 7.35. The van der Waals surface area contributed by atoms with Gasteiger partial charge in [-0.25, -0.2) is 4.98 Å². The number of hydrogen-bond acceptors (Lipinski definition) is 6. The van der Waals surface area contributed by atoms with Gasteiger partial charge in [-0.1, -0.05) is 35.3 Å². The average molecular weight is 456 g/mol. The first-order valence-electron chi connectivity index (χ1n) is 9.95. The zero-order valence-corrected chi connectivity index (χ0v) is 18.0. The van der Waals surface area contributed by atoms with Crippen molar-refractivity contribution in [3.05, 3.63) is 69.3 Å². The molecule has 1 aromatic heterocycles. The van der Waals surface area contributed by atoms with Gasteiger partial charge in [0, 0.05) is 11.9 Å². The maximum Gasteiger partial charge on any atom is 0.268 e. The zero-order chi connectivity index (χ0) is 21.4. The lowest BCUT2D eigenvalue weighted by Gasteiger charge is -2.29. The van der Waals surface area contributed by atoms with Crippen molar-refractivity contribution in [1.82, 2.24) is 15.3 Å². The van der Waals surface area contributed by atoms with E-state index in [0.717, 1.165) is 31.6 Å². The second-order valence-electron chi connectivity index (χ2n) is 7.35. The summed E-state index contributed by atoms with van der Waals surface area (Å²) < 4.78 is 5.74. The van der Waals surface area contributed by atoms with Crippen LogP contribution < -0.4 is 20.3 Å². The topological polar surface area (TPSA) is 79.4 Å². The van der Waals surface area contributed by atoms with E-state index in [1.165, 1.54) is 22.2 Å². The molecule has 0 unspecified atom stereocenters. The van der Waals surface area contributed by atoms with Crippen molar-refractivity contribution in [1.29, 1.82) is 0 Å². The molecule has 0 atom stereocenters. The summed E-state index contributed by atoms with van der Waals surface area (Å²) in [5.74, 6) is 0.267. The predicted octanol–water partition coefficient (Wildman–Crippen LogP) is 4.21. The van der Waals surface area contributed by atoms with Crippen LogP contribution >= 0.6 is 23.2 Å². The van der Waals surface area contributed by atoms with E-state index in [-0.39, 0.29) is 24.1 Å². The number of nitrogens with zero attached hydrogens (tertiary/aromatic N) is 3. The fraction of sp³-hybridized carbons (Fsp3) is 0.227. The summed E-state index contributed by atoms with van der Waals surface area (Å²) in [6.45, 7) is 1.92. The molecule has 1 amide bonds. The molecule has 0 saturated carbocycles. The molecule has 0 aliphatic carbocycles. The first-order chi connectivity index (χ1) is 15.1. The lowest BCUT2D eigenvalue weighted by atomic mass is 10.0. The molecule has 9 heteroatoms. The van der Waals surface area contributed by atoms with Crippen LogP contribution in [0.2, 0.25) is 10.0 Å². The number of halogens is 2. The monoisotopic (exact) mass is 455 g/mol. The summed E-state index contributed by atoms with van der Waals surface area (Å²) in [5.41, 5.74) is 4.22. The van der Waals surface area contributed by atoms with Gasteiger partial charge in [0.15, 0.2) is 6.73 Å². The maximum atomic E-state index is 13.0. The third-order valence-corrected chi connectivity index (χ3v) is 5.98. The third kappa shape index (κ3) is 3.92. The van der Waals surface area contributed by atoms with Gasteiger partial charge in [0.05, 0.1) is 15.7 Å². The molecule has 7 nitrogen and oxygen atoms in total. The van der Waals surface area contributed by atoms with Crippen LogP contribution in [-0.2, 0) is 12.8 Å². The molecule has 5 rings (SSSR count). The van der Waals surface area contributed by atoms with E-state index in [1.807, 2.05) is 6.07 Å². The summed E-state index contributed by atoms with van der Waals surface area (Å²) in [4.78, 5) is 23.1. The van der Waals surface area contributed by atoms with E-state index in [2.05, 4.69) is 32.7 Å². The van der Waals surface area contributed by atoms with Gasteiger partial charge in [0.1, 0.15) is 5.56 Å². The predicted molar refractivity (Wildman–Crippen MR) is 121 cm³/mol. The molecule has 2 aromatic carbocycles. The standard InChI is InChI=1S/C22H19Cl2N5O2/c23-17-2-1-3-18(24)19(17)29-12-31-20-16(21(29)30)11-26-22(28-20)27-15-5-4-13-6-8-25-9-7-14(13)10-15/h1-5,10-11,25H,6-9,12H2,(H,26,27,28). The minimum Gasteiger partial charge on any atom is -0.455 e. The van der Waals surface area contributed by atoms with Crippen molar-refractivity contribution in [3.63, 3.8) is 0 Å². The van der Waals surface area contributed by atoms with Gasteiger partial charge in [0.25, 0.3) is 5.91 Å². The van der Waals surface area contributed by atoms with Crippen molar-refractivity contribution in [2.75, 3.05) is 30.0 Å². The molecule has 2 aliphatic heterocycles. The highest BCUT2D eigenvalue weighted by atomic mass is 35.5. The Morgan fingerprint density at radius 3 is 2.65 bits per heavy atom. The number of aromatic nitrogens is 2. The molecule has 0 spiro atoms. The molecule has 2 N–H and O–H groups in total. The van der Waals surface area contributed by atoms with Crippen molar-refractivity contribution >= 4 is 46.4 Å². The SMILES string of the molecule is O=C1c2cnc(Nc3ccc4c(c3)CCNCC4)nc2OCN1c1c(Cl)cccc1Cl. The Kier molecular flexibility index (Phi) is 5.40. The summed E-state index contributed by atoms with van der Waals surface area (Å²) in [6, 6.07) is 11.3. The fourth-order valence-electron chi connectivity index (χ4n) is 3.81. The lowest BCUT2D eigenvalue weighted by Crippen LogP contribution is -2.39. The Morgan fingerprint density at radius 2 is 1.84 bits per heavy atom. The highest BCUT2D eigenvalue weighted by Crippen LogP contribution is 2.37. The molecule has 0 bridgehead atoms. The molecule has 3 aromatic rings. The van der Waals surface area contributed by atoms with Crippen LogP contribution in [0.4, 0.5) is 17.3 Å². The number of carbonyl (C=O) groups excluding carboxylic acids is 1.